The standard InChI is InChI=1S/C12H26N2/c1-5-12(6-2)9-14(10-12)8-7-13-11(3)4/h11,13H,5-10H2,1-4H3. The lowest BCUT2D eigenvalue weighted by Gasteiger charge is -2.50. The second-order valence-electron chi connectivity index (χ2n) is 5.03. The van der Waals surface area contributed by atoms with Crippen LogP contribution < -0.4 is 5.32 Å². The molecule has 0 saturated carbocycles. The Morgan fingerprint density at radius 3 is 2.21 bits per heavy atom. The number of likely N-dealkylation sites (tertiary alicyclic amines) is 1. The number of rotatable bonds is 6. The fraction of sp³-hybridized carbons (Fsp3) is 1.00. The molecule has 0 aromatic rings. The molecule has 1 aliphatic heterocycles. The average Bonchev–Trinajstić information content (AvgIpc) is 2.09. The second kappa shape index (κ2) is 5.13. The van der Waals surface area contributed by atoms with Gasteiger partial charge in [-0.1, -0.05) is 27.7 Å². The summed E-state index contributed by atoms with van der Waals surface area (Å²) in [5.41, 5.74) is 0.665. The van der Waals surface area contributed by atoms with Gasteiger partial charge in [0.25, 0.3) is 0 Å². The first-order valence-corrected chi connectivity index (χ1v) is 6.07. The van der Waals surface area contributed by atoms with Crippen molar-refractivity contribution in [3.8, 4) is 0 Å². The Balaban J connectivity index is 2.09. The lowest BCUT2D eigenvalue weighted by Crippen LogP contribution is -2.57. The minimum atomic E-state index is 0.624. The van der Waals surface area contributed by atoms with Crippen molar-refractivity contribution in [2.45, 2.75) is 46.6 Å². The summed E-state index contributed by atoms with van der Waals surface area (Å²) in [6.45, 7) is 14.1. The zero-order valence-corrected chi connectivity index (χ0v) is 10.3. The van der Waals surface area contributed by atoms with Crippen LogP contribution in [0.25, 0.3) is 0 Å². The number of hydrogen-bond donors (Lipinski definition) is 1. The van der Waals surface area contributed by atoms with Crippen LogP contribution in [0, 0.1) is 5.41 Å². The largest absolute Gasteiger partial charge is 0.313 e. The predicted molar refractivity (Wildman–Crippen MR) is 62.6 cm³/mol. The first-order chi connectivity index (χ1) is 6.62. The Labute approximate surface area is 89.1 Å². The Kier molecular flexibility index (Phi) is 4.39. The Bertz CT molecular complexity index is 154. The SMILES string of the molecule is CCC1(CC)CN(CCNC(C)C)C1. The van der Waals surface area contributed by atoms with Gasteiger partial charge in [0.2, 0.25) is 0 Å². The molecule has 2 heteroatoms. The Hall–Kier alpha value is -0.0800. The van der Waals surface area contributed by atoms with Crippen molar-refractivity contribution in [2.24, 2.45) is 5.41 Å². The smallest absolute Gasteiger partial charge is 0.0107 e. The predicted octanol–water partition coefficient (Wildman–Crippen LogP) is 2.11. The quantitative estimate of drug-likeness (QED) is 0.703. The van der Waals surface area contributed by atoms with Crippen LogP contribution in [0.4, 0.5) is 0 Å². The van der Waals surface area contributed by atoms with E-state index in [4.69, 9.17) is 0 Å². The molecule has 0 atom stereocenters. The highest BCUT2D eigenvalue weighted by molar-refractivity contribution is 4.92. The lowest BCUT2D eigenvalue weighted by atomic mass is 9.75. The molecule has 1 saturated heterocycles. The van der Waals surface area contributed by atoms with Crippen LogP contribution in [-0.4, -0.2) is 37.1 Å². The zero-order chi connectivity index (χ0) is 10.6. The molecule has 1 heterocycles. The fourth-order valence-electron chi connectivity index (χ4n) is 2.27. The van der Waals surface area contributed by atoms with Crippen molar-refractivity contribution in [3.63, 3.8) is 0 Å². The molecule has 0 radical (unpaired) electrons. The minimum absolute atomic E-state index is 0.624. The van der Waals surface area contributed by atoms with E-state index in [0.29, 0.717) is 11.5 Å². The molecule has 0 aromatic heterocycles. The van der Waals surface area contributed by atoms with Gasteiger partial charge in [-0.3, -0.25) is 0 Å². The Morgan fingerprint density at radius 1 is 1.21 bits per heavy atom. The van der Waals surface area contributed by atoms with E-state index in [1.807, 2.05) is 0 Å². The van der Waals surface area contributed by atoms with Crippen LogP contribution in [0.5, 0.6) is 0 Å². The molecule has 1 N–H and O–H groups in total. The van der Waals surface area contributed by atoms with Gasteiger partial charge in [0.15, 0.2) is 0 Å². The first-order valence-electron chi connectivity index (χ1n) is 6.07. The molecule has 1 aliphatic rings. The molecule has 2 nitrogen and oxygen atoms in total. The van der Waals surface area contributed by atoms with Gasteiger partial charge in [0, 0.05) is 32.2 Å². The molecule has 1 rings (SSSR count). The van der Waals surface area contributed by atoms with E-state index in [1.165, 1.54) is 32.5 Å². The van der Waals surface area contributed by atoms with Crippen LogP contribution in [0.2, 0.25) is 0 Å². The molecule has 0 bridgehead atoms. The molecule has 84 valence electrons. The van der Waals surface area contributed by atoms with E-state index < -0.39 is 0 Å². The summed E-state index contributed by atoms with van der Waals surface area (Å²) in [4.78, 5) is 2.57. The van der Waals surface area contributed by atoms with Crippen molar-refractivity contribution in [1.29, 1.82) is 0 Å². The van der Waals surface area contributed by atoms with E-state index in [9.17, 15) is 0 Å². The Morgan fingerprint density at radius 2 is 1.79 bits per heavy atom. The molecular formula is C12H26N2. The highest BCUT2D eigenvalue weighted by atomic mass is 15.2. The third-order valence-electron chi connectivity index (χ3n) is 3.60. The van der Waals surface area contributed by atoms with Gasteiger partial charge >= 0.3 is 0 Å². The third kappa shape index (κ3) is 2.96. The maximum absolute atomic E-state index is 3.47. The van der Waals surface area contributed by atoms with E-state index >= 15 is 0 Å². The summed E-state index contributed by atoms with van der Waals surface area (Å²) in [7, 11) is 0. The van der Waals surface area contributed by atoms with Gasteiger partial charge in [-0.15, -0.1) is 0 Å². The van der Waals surface area contributed by atoms with Gasteiger partial charge in [0.05, 0.1) is 0 Å². The zero-order valence-electron chi connectivity index (χ0n) is 10.3. The molecule has 14 heavy (non-hydrogen) atoms. The van der Waals surface area contributed by atoms with Crippen molar-refractivity contribution in [2.75, 3.05) is 26.2 Å². The van der Waals surface area contributed by atoms with E-state index in [-0.39, 0.29) is 0 Å². The summed E-state index contributed by atoms with van der Waals surface area (Å²) in [5.74, 6) is 0. The summed E-state index contributed by atoms with van der Waals surface area (Å²) in [6.07, 6.45) is 2.69. The molecule has 0 aromatic carbocycles. The summed E-state index contributed by atoms with van der Waals surface area (Å²) >= 11 is 0. The van der Waals surface area contributed by atoms with Gasteiger partial charge in [-0.25, -0.2) is 0 Å². The molecule has 0 spiro atoms. The topological polar surface area (TPSA) is 15.3 Å². The van der Waals surface area contributed by atoms with Crippen molar-refractivity contribution >= 4 is 0 Å². The number of nitrogens with zero attached hydrogens (tertiary/aromatic N) is 1. The third-order valence-corrected chi connectivity index (χ3v) is 3.60. The molecule has 0 amide bonds. The van der Waals surface area contributed by atoms with E-state index in [0.717, 1.165) is 6.54 Å². The van der Waals surface area contributed by atoms with Crippen LogP contribution in [0.1, 0.15) is 40.5 Å². The van der Waals surface area contributed by atoms with Crippen molar-refractivity contribution in [3.05, 3.63) is 0 Å². The van der Waals surface area contributed by atoms with E-state index in [2.05, 4.69) is 37.9 Å². The normalized spacial score (nSPS) is 21.2. The summed E-state index contributed by atoms with van der Waals surface area (Å²) in [6, 6.07) is 0.624. The van der Waals surface area contributed by atoms with Gasteiger partial charge < -0.3 is 10.2 Å². The van der Waals surface area contributed by atoms with Gasteiger partial charge in [-0.05, 0) is 18.3 Å². The fourth-order valence-corrected chi connectivity index (χ4v) is 2.27. The number of hydrogen-bond acceptors (Lipinski definition) is 2. The maximum atomic E-state index is 3.47. The average molecular weight is 198 g/mol. The van der Waals surface area contributed by atoms with Crippen LogP contribution in [0.3, 0.4) is 0 Å². The highest BCUT2D eigenvalue weighted by Crippen LogP contribution is 2.36. The van der Waals surface area contributed by atoms with Gasteiger partial charge in [0.1, 0.15) is 0 Å². The van der Waals surface area contributed by atoms with Gasteiger partial charge in [-0.2, -0.15) is 0 Å². The number of nitrogens with one attached hydrogen (secondary N) is 1. The highest BCUT2D eigenvalue weighted by Gasteiger charge is 2.38. The summed E-state index contributed by atoms with van der Waals surface area (Å²) in [5, 5.41) is 3.47. The van der Waals surface area contributed by atoms with E-state index in [1.54, 1.807) is 0 Å². The van der Waals surface area contributed by atoms with Crippen LogP contribution in [0.15, 0.2) is 0 Å². The van der Waals surface area contributed by atoms with Crippen LogP contribution in [-0.2, 0) is 0 Å². The lowest BCUT2D eigenvalue weighted by molar-refractivity contribution is -0.00489. The van der Waals surface area contributed by atoms with Crippen molar-refractivity contribution < 1.29 is 0 Å². The monoisotopic (exact) mass is 198 g/mol. The molecule has 1 fully saturated rings. The maximum Gasteiger partial charge on any atom is 0.0107 e. The minimum Gasteiger partial charge on any atom is -0.313 e. The molecular weight excluding hydrogens is 172 g/mol. The summed E-state index contributed by atoms with van der Waals surface area (Å²) < 4.78 is 0. The molecule has 0 aliphatic carbocycles. The van der Waals surface area contributed by atoms with Crippen molar-refractivity contribution in [1.82, 2.24) is 10.2 Å². The molecule has 0 unspecified atom stereocenters. The van der Waals surface area contributed by atoms with Crippen LogP contribution >= 0.6 is 0 Å². The second-order valence-corrected chi connectivity index (χ2v) is 5.03. The first kappa shape index (κ1) is 12.0.